The normalized spacial score (nSPS) is 24.5. The molecule has 2 aliphatic carbocycles. The molecule has 3 rings (SSSR count). The Hall–Kier alpha value is -0.780. The maximum atomic E-state index is 2.39. The lowest BCUT2D eigenvalue weighted by Crippen LogP contribution is -1.95. The minimum atomic E-state index is 0.836. The van der Waals surface area contributed by atoms with Crippen molar-refractivity contribution in [2.45, 2.75) is 44.9 Å². The predicted octanol–water partition coefficient (Wildman–Crippen LogP) is 3.23. The molecule has 0 spiro atoms. The van der Waals surface area contributed by atoms with Gasteiger partial charge in [-0.2, -0.15) is 0 Å². The minimum absolute atomic E-state index is 0.836. The molecule has 68 valence electrons. The molecular formula is C13H16. The van der Waals surface area contributed by atoms with Gasteiger partial charge >= 0.3 is 0 Å². The van der Waals surface area contributed by atoms with E-state index in [1.807, 2.05) is 0 Å². The quantitative estimate of drug-likeness (QED) is 0.563. The topological polar surface area (TPSA) is 0 Å². The molecule has 0 heteroatoms. The monoisotopic (exact) mass is 172 g/mol. The van der Waals surface area contributed by atoms with Crippen LogP contribution in [0.4, 0.5) is 0 Å². The molecule has 1 atom stereocenters. The summed E-state index contributed by atoms with van der Waals surface area (Å²) in [6, 6.07) is 4.75. The van der Waals surface area contributed by atoms with Crippen molar-refractivity contribution in [3.63, 3.8) is 0 Å². The largest absolute Gasteiger partial charge is 0.0585 e. The average molecular weight is 172 g/mol. The third-order valence-electron chi connectivity index (χ3n) is 3.76. The summed E-state index contributed by atoms with van der Waals surface area (Å²) >= 11 is 0. The number of benzene rings is 1. The predicted molar refractivity (Wildman–Crippen MR) is 55.2 cm³/mol. The fraction of sp³-hybridized carbons (Fsp3) is 0.538. The number of rotatable bonds is 0. The maximum absolute atomic E-state index is 2.39. The summed E-state index contributed by atoms with van der Waals surface area (Å²) < 4.78 is 0. The summed E-state index contributed by atoms with van der Waals surface area (Å²) in [4.78, 5) is 0. The Balaban J connectivity index is 2.23. The van der Waals surface area contributed by atoms with Crippen LogP contribution in [0.2, 0.25) is 0 Å². The van der Waals surface area contributed by atoms with Crippen LogP contribution in [0.1, 0.15) is 47.9 Å². The highest BCUT2D eigenvalue weighted by atomic mass is 14.3. The highest BCUT2D eigenvalue weighted by Gasteiger charge is 2.25. The first-order chi connectivity index (χ1) is 6.36. The number of aryl methyl sites for hydroxylation is 2. The maximum Gasteiger partial charge on any atom is -0.0182 e. The zero-order chi connectivity index (χ0) is 8.84. The Kier molecular flexibility index (Phi) is 1.52. The Bertz CT molecular complexity index is 349. The smallest absolute Gasteiger partial charge is 0.0182 e. The van der Waals surface area contributed by atoms with Crippen molar-refractivity contribution in [2.75, 3.05) is 0 Å². The van der Waals surface area contributed by atoms with Crippen LogP contribution < -0.4 is 0 Å². The fourth-order valence-electron chi connectivity index (χ4n) is 3.09. The van der Waals surface area contributed by atoms with E-state index in [1.165, 1.54) is 32.1 Å². The zero-order valence-corrected chi connectivity index (χ0v) is 8.27. The van der Waals surface area contributed by atoms with E-state index in [0.717, 1.165) is 5.92 Å². The van der Waals surface area contributed by atoms with Crippen molar-refractivity contribution >= 4 is 0 Å². The van der Waals surface area contributed by atoms with Gasteiger partial charge in [0.1, 0.15) is 0 Å². The van der Waals surface area contributed by atoms with E-state index < -0.39 is 0 Å². The third-order valence-corrected chi connectivity index (χ3v) is 3.76. The van der Waals surface area contributed by atoms with Crippen LogP contribution in [0.15, 0.2) is 12.1 Å². The molecule has 1 aromatic rings. The summed E-state index contributed by atoms with van der Waals surface area (Å²) in [6.45, 7) is 2.39. The number of hydrogen-bond acceptors (Lipinski definition) is 0. The van der Waals surface area contributed by atoms with Gasteiger partial charge in [0, 0.05) is 0 Å². The molecule has 2 aliphatic rings. The summed E-state index contributed by atoms with van der Waals surface area (Å²) in [5.41, 5.74) is 6.75. The van der Waals surface area contributed by atoms with Crippen molar-refractivity contribution in [3.05, 3.63) is 34.4 Å². The zero-order valence-electron chi connectivity index (χ0n) is 8.27. The molecule has 0 saturated heterocycles. The molecule has 0 N–H and O–H groups in total. The molecule has 0 heterocycles. The van der Waals surface area contributed by atoms with Crippen LogP contribution in [0.3, 0.4) is 0 Å². The van der Waals surface area contributed by atoms with Crippen LogP contribution in [0.25, 0.3) is 0 Å². The minimum Gasteiger partial charge on any atom is -0.0585 e. The van der Waals surface area contributed by atoms with Gasteiger partial charge in [-0.3, -0.25) is 0 Å². The molecule has 0 fully saturated rings. The van der Waals surface area contributed by atoms with Crippen molar-refractivity contribution < 1.29 is 0 Å². The number of fused-ring (bicyclic) bond motifs is 3. The molecule has 0 radical (unpaired) electrons. The summed E-state index contributed by atoms with van der Waals surface area (Å²) in [5, 5.41) is 0. The molecular weight excluding hydrogens is 156 g/mol. The van der Waals surface area contributed by atoms with Gasteiger partial charge in [-0.15, -0.1) is 0 Å². The number of hydrogen-bond donors (Lipinski definition) is 0. The Morgan fingerprint density at radius 2 is 1.92 bits per heavy atom. The van der Waals surface area contributed by atoms with Gasteiger partial charge in [-0.05, 0) is 60.3 Å². The van der Waals surface area contributed by atoms with Crippen LogP contribution in [0, 0.1) is 0 Å². The van der Waals surface area contributed by atoms with Gasteiger partial charge in [-0.25, -0.2) is 0 Å². The second kappa shape index (κ2) is 2.60. The average Bonchev–Trinajstić information content (AvgIpc) is 2.70. The van der Waals surface area contributed by atoms with Gasteiger partial charge in [0.2, 0.25) is 0 Å². The Morgan fingerprint density at radius 3 is 2.85 bits per heavy atom. The van der Waals surface area contributed by atoms with Crippen molar-refractivity contribution in [2.24, 2.45) is 0 Å². The van der Waals surface area contributed by atoms with E-state index in [4.69, 9.17) is 0 Å². The molecule has 0 aromatic heterocycles. The van der Waals surface area contributed by atoms with E-state index in [-0.39, 0.29) is 0 Å². The van der Waals surface area contributed by atoms with Gasteiger partial charge in [0.25, 0.3) is 0 Å². The lowest BCUT2D eigenvalue weighted by atomic mass is 9.94. The van der Waals surface area contributed by atoms with Gasteiger partial charge in [-0.1, -0.05) is 19.1 Å². The molecule has 0 bridgehead atoms. The van der Waals surface area contributed by atoms with Gasteiger partial charge in [0.05, 0.1) is 0 Å². The van der Waals surface area contributed by atoms with E-state index >= 15 is 0 Å². The standard InChI is InChI=1S/C13H16/c1-9-5-6-11-8-7-10-3-2-4-12(10)13(9)11/h7-9H,2-6H2,1H3. The molecule has 13 heavy (non-hydrogen) atoms. The summed E-state index contributed by atoms with van der Waals surface area (Å²) in [7, 11) is 0. The van der Waals surface area contributed by atoms with Crippen molar-refractivity contribution in [1.29, 1.82) is 0 Å². The van der Waals surface area contributed by atoms with Crippen LogP contribution in [-0.2, 0) is 19.3 Å². The lowest BCUT2D eigenvalue weighted by Gasteiger charge is -2.10. The van der Waals surface area contributed by atoms with Crippen molar-refractivity contribution in [1.82, 2.24) is 0 Å². The van der Waals surface area contributed by atoms with Crippen LogP contribution in [-0.4, -0.2) is 0 Å². The molecule has 0 saturated carbocycles. The fourth-order valence-corrected chi connectivity index (χ4v) is 3.09. The first kappa shape index (κ1) is 7.61. The molecule has 0 aliphatic heterocycles. The molecule has 0 amide bonds. The van der Waals surface area contributed by atoms with Crippen molar-refractivity contribution in [3.8, 4) is 0 Å². The highest BCUT2D eigenvalue weighted by molar-refractivity contribution is 5.47. The van der Waals surface area contributed by atoms with E-state index in [2.05, 4.69) is 19.1 Å². The first-order valence-corrected chi connectivity index (χ1v) is 5.50. The molecule has 1 unspecified atom stereocenters. The molecule has 0 nitrogen and oxygen atoms in total. The van der Waals surface area contributed by atoms with Gasteiger partial charge < -0.3 is 0 Å². The molecule has 1 aromatic carbocycles. The Labute approximate surface area is 80.0 Å². The second-order valence-corrected chi connectivity index (χ2v) is 4.57. The van der Waals surface area contributed by atoms with E-state index in [1.54, 1.807) is 22.3 Å². The van der Waals surface area contributed by atoms with Crippen LogP contribution in [0.5, 0.6) is 0 Å². The third kappa shape index (κ3) is 0.979. The van der Waals surface area contributed by atoms with Crippen LogP contribution >= 0.6 is 0 Å². The van der Waals surface area contributed by atoms with Gasteiger partial charge in [0.15, 0.2) is 0 Å². The first-order valence-electron chi connectivity index (χ1n) is 5.50. The summed E-state index contributed by atoms with van der Waals surface area (Å²) in [5.74, 6) is 0.836. The second-order valence-electron chi connectivity index (χ2n) is 4.57. The lowest BCUT2D eigenvalue weighted by molar-refractivity contribution is 0.740. The van der Waals surface area contributed by atoms with E-state index in [0.29, 0.717) is 0 Å². The Morgan fingerprint density at radius 1 is 1.08 bits per heavy atom. The SMILES string of the molecule is CC1CCc2ccc3c(c21)CCC3. The summed E-state index contributed by atoms with van der Waals surface area (Å²) in [6.07, 6.45) is 6.77. The van der Waals surface area contributed by atoms with E-state index in [9.17, 15) is 0 Å². The highest BCUT2D eigenvalue weighted by Crippen LogP contribution is 2.39.